The molecule has 0 heterocycles. The highest BCUT2D eigenvalue weighted by atomic mass is 32.2. The van der Waals surface area contributed by atoms with E-state index in [9.17, 15) is 12.8 Å². The van der Waals surface area contributed by atoms with Gasteiger partial charge in [0.2, 0.25) is 10.0 Å². The highest BCUT2D eigenvalue weighted by Crippen LogP contribution is 2.15. The molecule has 0 aliphatic heterocycles. The Balaban J connectivity index is 2.10. The molecule has 4 nitrogen and oxygen atoms in total. The van der Waals surface area contributed by atoms with E-state index in [0.29, 0.717) is 12.2 Å². The molecule has 0 saturated heterocycles. The first kappa shape index (κ1) is 13.5. The van der Waals surface area contributed by atoms with Gasteiger partial charge in [-0.1, -0.05) is 18.2 Å². The summed E-state index contributed by atoms with van der Waals surface area (Å²) in [6.07, 6.45) is 0. The number of benzene rings is 2. The minimum Gasteiger partial charge on any atom is -0.381 e. The Hall–Kier alpha value is -1.92. The maximum Gasteiger partial charge on any atom is 0.238 e. The maximum atomic E-state index is 12.7. The highest BCUT2D eigenvalue weighted by molar-refractivity contribution is 7.89. The van der Waals surface area contributed by atoms with E-state index in [2.05, 4.69) is 5.32 Å². The molecule has 0 fully saturated rings. The van der Waals surface area contributed by atoms with Gasteiger partial charge in [-0.25, -0.2) is 17.9 Å². The van der Waals surface area contributed by atoms with E-state index in [1.165, 1.54) is 24.3 Å². The fourth-order valence-electron chi connectivity index (χ4n) is 1.59. The van der Waals surface area contributed by atoms with Crippen molar-refractivity contribution in [1.82, 2.24) is 0 Å². The number of rotatable bonds is 4. The summed E-state index contributed by atoms with van der Waals surface area (Å²) in [5.41, 5.74) is 1.53. The van der Waals surface area contributed by atoms with Crippen LogP contribution in [0.15, 0.2) is 53.4 Å². The number of anilines is 1. The van der Waals surface area contributed by atoms with Gasteiger partial charge in [0, 0.05) is 12.2 Å². The zero-order chi connectivity index (χ0) is 13.9. The van der Waals surface area contributed by atoms with Gasteiger partial charge in [0.15, 0.2) is 0 Å². The van der Waals surface area contributed by atoms with E-state index < -0.39 is 10.0 Å². The zero-order valence-electron chi connectivity index (χ0n) is 10.0. The van der Waals surface area contributed by atoms with Crippen LogP contribution in [0.2, 0.25) is 0 Å². The number of sulfonamides is 1. The van der Waals surface area contributed by atoms with Crippen LogP contribution in [0.4, 0.5) is 10.1 Å². The minimum absolute atomic E-state index is 0.0524. The number of nitrogens with two attached hydrogens (primary N) is 1. The monoisotopic (exact) mass is 280 g/mol. The number of hydrogen-bond donors (Lipinski definition) is 2. The number of hydrogen-bond acceptors (Lipinski definition) is 3. The Morgan fingerprint density at radius 1 is 1.11 bits per heavy atom. The molecule has 2 aromatic carbocycles. The molecule has 0 unspecified atom stereocenters. The van der Waals surface area contributed by atoms with Crippen molar-refractivity contribution in [3.63, 3.8) is 0 Å². The number of nitrogens with one attached hydrogen (secondary N) is 1. The topological polar surface area (TPSA) is 72.2 Å². The van der Waals surface area contributed by atoms with Crippen LogP contribution >= 0.6 is 0 Å². The van der Waals surface area contributed by atoms with Gasteiger partial charge in [-0.3, -0.25) is 0 Å². The molecule has 0 radical (unpaired) electrons. The van der Waals surface area contributed by atoms with E-state index in [0.717, 1.165) is 5.56 Å². The smallest absolute Gasteiger partial charge is 0.238 e. The predicted octanol–water partition coefficient (Wildman–Crippen LogP) is 2.09. The molecular formula is C13H13FN2O2S. The third kappa shape index (κ3) is 3.77. The van der Waals surface area contributed by atoms with Crippen LogP contribution in [0.3, 0.4) is 0 Å². The van der Waals surface area contributed by atoms with E-state index in [4.69, 9.17) is 5.14 Å². The Morgan fingerprint density at radius 2 is 1.79 bits per heavy atom. The lowest BCUT2D eigenvalue weighted by Crippen LogP contribution is -2.12. The minimum atomic E-state index is -3.70. The second kappa shape index (κ2) is 5.38. The lowest BCUT2D eigenvalue weighted by Gasteiger charge is -2.07. The molecule has 0 aliphatic rings. The van der Waals surface area contributed by atoms with Gasteiger partial charge in [-0.05, 0) is 35.9 Å². The van der Waals surface area contributed by atoms with E-state index in [1.54, 1.807) is 24.3 Å². The first-order valence-electron chi connectivity index (χ1n) is 5.56. The maximum absolute atomic E-state index is 12.7. The first-order chi connectivity index (χ1) is 8.95. The van der Waals surface area contributed by atoms with Crippen molar-refractivity contribution in [3.05, 3.63) is 59.9 Å². The van der Waals surface area contributed by atoms with Crippen LogP contribution in [0.5, 0.6) is 0 Å². The van der Waals surface area contributed by atoms with Crippen LogP contribution in [0.1, 0.15) is 5.56 Å². The summed E-state index contributed by atoms with van der Waals surface area (Å²) in [5.74, 6) is -0.292. The Morgan fingerprint density at radius 3 is 2.42 bits per heavy atom. The fraction of sp³-hybridized carbons (Fsp3) is 0.0769. The predicted molar refractivity (Wildman–Crippen MR) is 71.5 cm³/mol. The molecule has 6 heteroatoms. The molecule has 0 spiro atoms. The molecule has 19 heavy (non-hydrogen) atoms. The van der Waals surface area contributed by atoms with E-state index in [-0.39, 0.29) is 10.7 Å². The third-order valence-electron chi connectivity index (χ3n) is 2.57. The largest absolute Gasteiger partial charge is 0.381 e. The Kier molecular flexibility index (Phi) is 3.82. The van der Waals surface area contributed by atoms with Gasteiger partial charge in [-0.15, -0.1) is 0 Å². The highest BCUT2D eigenvalue weighted by Gasteiger charge is 2.07. The van der Waals surface area contributed by atoms with Crippen molar-refractivity contribution < 1.29 is 12.8 Å². The van der Waals surface area contributed by atoms with E-state index in [1.807, 2.05) is 0 Å². The Bertz CT molecular complexity index is 669. The molecule has 0 saturated carbocycles. The standard InChI is InChI=1S/C13H13FN2O2S/c14-11-6-4-10(5-7-11)9-16-12-2-1-3-13(8-12)19(15,17)18/h1-8,16H,9H2,(H2,15,17,18). The summed E-state index contributed by atoms with van der Waals surface area (Å²) in [7, 11) is -3.70. The zero-order valence-corrected chi connectivity index (χ0v) is 10.8. The lowest BCUT2D eigenvalue weighted by molar-refractivity contribution is 0.598. The van der Waals surface area contributed by atoms with E-state index >= 15 is 0 Å². The SMILES string of the molecule is NS(=O)(=O)c1cccc(NCc2ccc(F)cc2)c1. The fourth-order valence-corrected chi connectivity index (χ4v) is 2.15. The molecule has 0 aromatic heterocycles. The van der Waals surface area contributed by atoms with Crippen LogP contribution < -0.4 is 10.5 Å². The number of primary sulfonamides is 1. The van der Waals surface area contributed by atoms with Gasteiger partial charge < -0.3 is 5.32 Å². The van der Waals surface area contributed by atoms with Crippen LogP contribution in [0, 0.1) is 5.82 Å². The second-order valence-electron chi connectivity index (χ2n) is 4.05. The first-order valence-corrected chi connectivity index (χ1v) is 7.11. The van der Waals surface area contributed by atoms with Crippen molar-refractivity contribution in [3.8, 4) is 0 Å². The van der Waals surface area contributed by atoms with Crippen molar-refractivity contribution >= 4 is 15.7 Å². The van der Waals surface area contributed by atoms with Gasteiger partial charge in [0.1, 0.15) is 5.82 Å². The molecular weight excluding hydrogens is 267 g/mol. The molecule has 2 aromatic rings. The molecule has 0 aliphatic carbocycles. The summed E-state index contributed by atoms with van der Waals surface area (Å²) < 4.78 is 35.1. The normalized spacial score (nSPS) is 11.3. The van der Waals surface area contributed by atoms with Crippen LogP contribution in [-0.4, -0.2) is 8.42 Å². The second-order valence-corrected chi connectivity index (χ2v) is 5.61. The molecule has 0 bridgehead atoms. The van der Waals surface area contributed by atoms with Crippen molar-refractivity contribution in [2.75, 3.05) is 5.32 Å². The molecule has 0 amide bonds. The molecule has 2 rings (SSSR count). The summed E-state index contributed by atoms with van der Waals surface area (Å²) in [5, 5.41) is 8.10. The molecule has 100 valence electrons. The van der Waals surface area contributed by atoms with Gasteiger partial charge >= 0.3 is 0 Å². The van der Waals surface area contributed by atoms with Crippen LogP contribution in [0.25, 0.3) is 0 Å². The van der Waals surface area contributed by atoms with Crippen molar-refractivity contribution in [2.24, 2.45) is 5.14 Å². The summed E-state index contributed by atoms with van der Waals surface area (Å²) in [4.78, 5) is 0.0524. The average molecular weight is 280 g/mol. The van der Waals surface area contributed by atoms with Crippen molar-refractivity contribution in [1.29, 1.82) is 0 Å². The van der Waals surface area contributed by atoms with Crippen molar-refractivity contribution in [2.45, 2.75) is 11.4 Å². The summed E-state index contributed by atoms with van der Waals surface area (Å²) in [6.45, 7) is 0.467. The molecule has 0 atom stereocenters. The Labute approximate surface area is 111 Å². The quantitative estimate of drug-likeness (QED) is 0.900. The number of halogens is 1. The summed E-state index contributed by atoms with van der Waals surface area (Å²) >= 11 is 0. The summed E-state index contributed by atoms with van der Waals surface area (Å²) in [6, 6.07) is 12.3. The molecule has 3 N–H and O–H groups in total. The third-order valence-corrected chi connectivity index (χ3v) is 3.48. The average Bonchev–Trinajstić information content (AvgIpc) is 2.37. The lowest BCUT2D eigenvalue weighted by atomic mass is 10.2. The van der Waals surface area contributed by atoms with Gasteiger partial charge in [0.05, 0.1) is 4.90 Å². The van der Waals surface area contributed by atoms with Crippen LogP contribution in [-0.2, 0) is 16.6 Å². The van der Waals surface area contributed by atoms with Gasteiger partial charge in [-0.2, -0.15) is 0 Å². The van der Waals surface area contributed by atoms with Gasteiger partial charge in [0.25, 0.3) is 0 Å².